The van der Waals surface area contributed by atoms with Crippen LogP contribution in [-0.2, 0) is 14.8 Å². The lowest BCUT2D eigenvalue weighted by Gasteiger charge is -2.35. The van der Waals surface area contributed by atoms with Gasteiger partial charge in [0.1, 0.15) is 11.9 Å². The third-order valence-corrected chi connectivity index (χ3v) is 6.46. The van der Waals surface area contributed by atoms with Crippen LogP contribution < -0.4 is 4.72 Å². The normalized spacial score (nSPS) is 15.5. The summed E-state index contributed by atoms with van der Waals surface area (Å²) in [5, 5.41) is 9.44. The highest BCUT2D eigenvalue weighted by Gasteiger charge is 2.28. The van der Waals surface area contributed by atoms with Gasteiger partial charge in [0.15, 0.2) is 0 Å². The number of benzene rings is 2. The second-order valence-corrected chi connectivity index (χ2v) is 9.06. The van der Waals surface area contributed by atoms with Crippen molar-refractivity contribution in [3.8, 4) is 0 Å². The Morgan fingerprint density at radius 2 is 1.61 bits per heavy atom. The predicted molar refractivity (Wildman–Crippen MR) is 113 cm³/mol. The Bertz CT molecular complexity index is 1080. The molecule has 31 heavy (non-hydrogen) atoms. The summed E-state index contributed by atoms with van der Waals surface area (Å²) in [4.78, 5) is 27.9. The van der Waals surface area contributed by atoms with Gasteiger partial charge in [-0.2, -0.15) is 0 Å². The molecule has 0 radical (unpaired) electrons. The van der Waals surface area contributed by atoms with E-state index in [0.717, 1.165) is 12.1 Å². The van der Waals surface area contributed by atoms with E-state index in [4.69, 9.17) is 0 Å². The van der Waals surface area contributed by atoms with E-state index in [1.807, 2.05) is 0 Å². The molecule has 166 valence electrons. The molecule has 1 atom stereocenters. The van der Waals surface area contributed by atoms with Crippen LogP contribution >= 0.6 is 0 Å². The molecule has 2 amide bonds. The van der Waals surface area contributed by atoms with Crippen molar-refractivity contribution < 1.29 is 27.5 Å². The van der Waals surface area contributed by atoms with Gasteiger partial charge in [-0.3, -0.25) is 14.3 Å². The molecule has 2 N–H and O–H groups in total. The van der Waals surface area contributed by atoms with E-state index in [-0.39, 0.29) is 41.1 Å². The number of halogens is 1. The molecule has 0 aliphatic carbocycles. The van der Waals surface area contributed by atoms with Crippen LogP contribution in [0.4, 0.5) is 10.1 Å². The molecular weight excluding hydrogens is 425 g/mol. The van der Waals surface area contributed by atoms with E-state index in [1.165, 1.54) is 36.1 Å². The fraction of sp³-hybridized carbons (Fsp3) is 0.333. The summed E-state index contributed by atoms with van der Waals surface area (Å²) in [6.45, 7) is 4.25. The van der Waals surface area contributed by atoms with Crippen molar-refractivity contribution in [3.63, 3.8) is 0 Å². The number of aliphatic hydroxyl groups excluding tert-OH is 1. The number of sulfonamides is 1. The number of aliphatic hydroxyl groups is 1. The second-order valence-electron chi connectivity index (χ2n) is 7.38. The molecule has 2 aromatic carbocycles. The molecule has 0 saturated carbocycles. The largest absolute Gasteiger partial charge is 0.384 e. The van der Waals surface area contributed by atoms with Crippen LogP contribution in [0.2, 0.25) is 0 Å². The highest BCUT2D eigenvalue weighted by atomic mass is 32.2. The van der Waals surface area contributed by atoms with Crippen LogP contribution in [0.25, 0.3) is 0 Å². The predicted octanol–water partition coefficient (Wildman–Crippen LogP) is 1.60. The first kappa shape index (κ1) is 22.7. The van der Waals surface area contributed by atoms with Gasteiger partial charge in [0.25, 0.3) is 21.8 Å². The first-order valence-electron chi connectivity index (χ1n) is 9.73. The SMILES string of the molecule is Cc1ccc(S(=O)(=O)Nc2ccc(F)cc2)cc1C(=O)N1CCN(C(=O)[C@H](C)O)CC1. The Hall–Kier alpha value is -2.98. The number of nitrogens with one attached hydrogen (secondary N) is 1. The van der Waals surface area contributed by atoms with Crippen molar-refractivity contribution in [1.29, 1.82) is 0 Å². The van der Waals surface area contributed by atoms with Gasteiger partial charge in [0, 0.05) is 37.4 Å². The van der Waals surface area contributed by atoms with E-state index in [2.05, 4.69) is 4.72 Å². The van der Waals surface area contributed by atoms with Crippen LogP contribution in [0.5, 0.6) is 0 Å². The molecule has 3 rings (SSSR count). The molecule has 1 aliphatic heterocycles. The summed E-state index contributed by atoms with van der Waals surface area (Å²) in [7, 11) is -3.98. The molecule has 8 nitrogen and oxygen atoms in total. The van der Waals surface area contributed by atoms with E-state index in [9.17, 15) is 27.5 Å². The Morgan fingerprint density at radius 1 is 1.03 bits per heavy atom. The molecule has 1 fully saturated rings. The zero-order chi connectivity index (χ0) is 22.8. The standard InChI is InChI=1S/C21H24FN3O5S/c1-14-3-8-18(31(29,30)23-17-6-4-16(22)5-7-17)13-19(14)21(28)25-11-9-24(10-12-25)20(27)15(2)26/h3-8,13,15,23,26H,9-12H2,1-2H3/t15-/m0/s1. The molecule has 0 spiro atoms. The summed E-state index contributed by atoms with van der Waals surface area (Å²) < 4.78 is 40.9. The number of hydrogen-bond donors (Lipinski definition) is 2. The van der Waals surface area contributed by atoms with Gasteiger partial charge in [-0.25, -0.2) is 12.8 Å². The van der Waals surface area contributed by atoms with Crippen LogP contribution in [-0.4, -0.2) is 67.4 Å². The van der Waals surface area contributed by atoms with E-state index in [1.54, 1.807) is 17.9 Å². The topological polar surface area (TPSA) is 107 Å². The number of hydrogen-bond acceptors (Lipinski definition) is 5. The summed E-state index contributed by atoms with van der Waals surface area (Å²) in [6, 6.07) is 9.17. The highest BCUT2D eigenvalue weighted by Crippen LogP contribution is 2.21. The van der Waals surface area contributed by atoms with E-state index >= 15 is 0 Å². The summed E-state index contributed by atoms with van der Waals surface area (Å²) >= 11 is 0. The zero-order valence-electron chi connectivity index (χ0n) is 17.2. The van der Waals surface area contributed by atoms with Crippen LogP contribution in [0, 0.1) is 12.7 Å². The van der Waals surface area contributed by atoms with Crippen molar-refractivity contribution in [3.05, 3.63) is 59.4 Å². The molecule has 0 aromatic heterocycles. The average molecular weight is 450 g/mol. The molecule has 1 aliphatic rings. The van der Waals surface area contributed by atoms with Crippen LogP contribution in [0.1, 0.15) is 22.8 Å². The minimum Gasteiger partial charge on any atom is -0.384 e. The maximum absolute atomic E-state index is 13.1. The Balaban J connectivity index is 1.77. The zero-order valence-corrected chi connectivity index (χ0v) is 18.0. The Kier molecular flexibility index (Phi) is 6.61. The number of rotatable bonds is 5. The molecular formula is C21H24FN3O5S. The van der Waals surface area contributed by atoms with Crippen molar-refractivity contribution in [2.24, 2.45) is 0 Å². The lowest BCUT2D eigenvalue weighted by molar-refractivity contribution is -0.140. The smallest absolute Gasteiger partial charge is 0.261 e. The first-order chi connectivity index (χ1) is 14.6. The molecule has 1 saturated heterocycles. The maximum atomic E-state index is 13.1. The summed E-state index contributed by atoms with van der Waals surface area (Å²) in [6.07, 6.45) is -1.10. The number of carbonyl (C=O) groups is 2. The van der Waals surface area contributed by atoms with E-state index in [0.29, 0.717) is 18.7 Å². The molecule has 0 bridgehead atoms. The van der Waals surface area contributed by atoms with Gasteiger partial charge in [-0.1, -0.05) is 6.07 Å². The van der Waals surface area contributed by atoms with Gasteiger partial charge in [-0.15, -0.1) is 0 Å². The van der Waals surface area contributed by atoms with Gasteiger partial charge < -0.3 is 14.9 Å². The first-order valence-corrected chi connectivity index (χ1v) is 11.2. The lowest BCUT2D eigenvalue weighted by atomic mass is 10.1. The number of nitrogens with zero attached hydrogens (tertiary/aromatic N) is 2. The number of anilines is 1. The minimum absolute atomic E-state index is 0.0892. The number of amides is 2. The van der Waals surface area contributed by atoms with Crippen molar-refractivity contribution in [2.75, 3.05) is 30.9 Å². The van der Waals surface area contributed by atoms with Crippen molar-refractivity contribution in [2.45, 2.75) is 24.8 Å². The van der Waals surface area contributed by atoms with Crippen molar-refractivity contribution in [1.82, 2.24) is 9.80 Å². The summed E-state index contributed by atoms with van der Waals surface area (Å²) in [5.74, 6) is -1.20. The third-order valence-electron chi connectivity index (χ3n) is 5.08. The van der Waals surface area contributed by atoms with Gasteiger partial charge in [-0.05, 0) is 55.8 Å². The third kappa shape index (κ3) is 5.20. The molecule has 1 heterocycles. The Morgan fingerprint density at radius 3 is 2.19 bits per heavy atom. The molecule has 0 unspecified atom stereocenters. The molecule has 10 heteroatoms. The van der Waals surface area contributed by atoms with E-state index < -0.39 is 21.9 Å². The fourth-order valence-corrected chi connectivity index (χ4v) is 4.38. The summed E-state index contributed by atoms with van der Waals surface area (Å²) in [5.41, 5.74) is 1.07. The quantitative estimate of drug-likeness (QED) is 0.721. The second kappa shape index (κ2) is 9.03. The molecule has 2 aromatic rings. The average Bonchev–Trinajstić information content (AvgIpc) is 2.74. The van der Waals surface area contributed by atoms with Gasteiger partial charge >= 0.3 is 0 Å². The van der Waals surface area contributed by atoms with Gasteiger partial charge in [0.05, 0.1) is 4.90 Å². The number of aryl methyl sites for hydroxylation is 1. The minimum atomic E-state index is -3.98. The van der Waals surface area contributed by atoms with Crippen molar-refractivity contribution >= 4 is 27.5 Å². The van der Waals surface area contributed by atoms with Crippen LogP contribution in [0.15, 0.2) is 47.4 Å². The maximum Gasteiger partial charge on any atom is 0.261 e. The number of carbonyl (C=O) groups excluding carboxylic acids is 2. The van der Waals surface area contributed by atoms with Crippen LogP contribution in [0.3, 0.4) is 0 Å². The lowest BCUT2D eigenvalue weighted by Crippen LogP contribution is -2.52. The Labute approximate surface area is 180 Å². The number of piperazine rings is 1. The van der Waals surface area contributed by atoms with Gasteiger partial charge in [0.2, 0.25) is 0 Å². The monoisotopic (exact) mass is 449 g/mol. The highest BCUT2D eigenvalue weighted by molar-refractivity contribution is 7.92. The fourth-order valence-electron chi connectivity index (χ4n) is 3.30.